The second kappa shape index (κ2) is 6.96. The summed E-state index contributed by atoms with van der Waals surface area (Å²) in [5.41, 5.74) is 2.19. The van der Waals surface area contributed by atoms with Gasteiger partial charge < -0.3 is 4.74 Å². The Bertz CT molecular complexity index is 986. The third-order valence-electron chi connectivity index (χ3n) is 4.09. The van der Waals surface area contributed by atoms with E-state index in [1.807, 2.05) is 24.3 Å². The van der Waals surface area contributed by atoms with Crippen molar-refractivity contribution in [3.05, 3.63) is 80.0 Å². The van der Waals surface area contributed by atoms with E-state index in [1.165, 1.54) is 23.8 Å². The molecule has 0 bridgehead atoms. The summed E-state index contributed by atoms with van der Waals surface area (Å²) >= 11 is 5.81. The highest BCUT2D eigenvalue weighted by Crippen LogP contribution is 2.28. The smallest absolute Gasteiger partial charge is 0.363 e. The Labute approximate surface area is 161 Å². The van der Waals surface area contributed by atoms with E-state index < -0.39 is 10.9 Å². The van der Waals surface area contributed by atoms with Crippen molar-refractivity contribution in [2.24, 2.45) is 4.99 Å². The Morgan fingerprint density at radius 1 is 1.15 bits per heavy atom. The standard InChI is InChI=1S/C20H17ClN2O4/c1-20(2,3)14-7-4-12(5-8-14)10-16-19(24)27-18(22-16)13-6-9-15(21)17(11-13)23(25)26/h4-11H,1-3H3. The van der Waals surface area contributed by atoms with Crippen LogP contribution in [0, 0.1) is 10.1 Å². The lowest BCUT2D eigenvalue weighted by Gasteiger charge is -2.18. The summed E-state index contributed by atoms with van der Waals surface area (Å²) in [4.78, 5) is 26.7. The van der Waals surface area contributed by atoms with Crippen molar-refractivity contribution in [3.8, 4) is 0 Å². The van der Waals surface area contributed by atoms with E-state index in [4.69, 9.17) is 16.3 Å². The fraction of sp³-hybridized carbons (Fsp3) is 0.200. The Hall–Kier alpha value is -2.99. The Morgan fingerprint density at radius 3 is 2.41 bits per heavy atom. The molecule has 0 radical (unpaired) electrons. The third-order valence-corrected chi connectivity index (χ3v) is 4.41. The van der Waals surface area contributed by atoms with Gasteiger partial charge >= 0.3 is 5.97 Å². The van der Waals surface area contributed by atoms with Crippen molar-refractivity contribution in [2.45, 2.75) is 26.2 Å². The fourth-order valence-corrected chi connectivity index (χ4v) is 2.74. The van der Waals surface area contributed by atoms with Crippen LogP contribution in [0.3, 0.4) is 0 Å². The van der Waals surface area contributed by atoms with E-state index in [2.05, 4.69) is 25.8 Å². The lowest BCUT2D eigenvalue weighted by atomic mass is 9.87. The summed E-state index contributed by atoms with van der Waals surface area (Å²) < 4.78 is 5.16. The van der Waals surface area contributed by atoms with Gasteiger partial charge in [0.1, 0.15) is 5.02 Å². The first-order chi connectivity index (χ1) is 12.6. The second-order valence-electron chi connectivity index (χ2n) is 7.13. The number of cyclic esters (lactones) is 1. The van der Waals surface area contributed by atoms with E-state index in [-0.39, 0.29) is 27.7 Å². The number of aliphatic imine (C=N–C) groups is 1. The lowest BCUT2D eigenvalue weighted by Crippen LogP contribution is -2.10. The van der Waals surface area contributed by atoms with Crippen LogP contribution in [0.1, 0.15) is 37.5 Å². The monoisotopic (exact) mass is 384 g/mol. The minimum atomic E-state index is -0.609. The number of hydrogen-bond acceptors (Lipinski definition) is 5. The van der Waals surface area contributed by atoms with Gasteiger partial charge in [-0.05, 0) is 34.8 Å². The molecule has 0 saturated carbocycles. The first kappa shape index (κ1) is 18.8. The minimum Gasteiger partial charge on any atom is -0.402 e. The van der Waals surface area contributed by atoms with Crippen LogP contribution in [-0.2, 0) is 14.9 Å². The number of hydrogen-bond donors (Lipinski definition) is 0. The van der Waals surface area contributed by atoms with E-state index in [0.717, 1.165) is 5.56 Å². The molecule has 2 aromatic rings. The number of rotatable bonds is 3. The van der Waals surface area contributed by atoms with Gasteiger partial charge in [0, 0.05) is 11.6 Å². The lowest BCUT2D eigenvalue weighted by molar-refractivity contribution is -0.384. The molecular formula is C20H17ClN2O4. The maximum atomic E-state index is 12.1. The molecule has 0 N–H and O–H groups in total. The Kier molecular flexibility index (Phi) is 4.85. The molecule has 0 amide bonds. The molecule has 0 fully saturated rings. The van der Waals surface area contributed by atoms with Gasteiger partial charge in [-0.15, -0.1) is 0 Å². The van der Waals surface area contributed by atoms with Crippen LogP contribution < -0.4 is 0 Å². The minimum absolute atomic E-state index is 0.00313. The van der Waals surface area contributed by atoms with Gasteiger partial charge in [0.2, 0.25) is 5.90 Å². The third kappa shape index (κ3) is 4.06. The quantitative estimate of drug-likeness (QED) is 0.326. The first-order valence-corrected chi connectivity index (χ1v) is 8.60. The summed E-state index contributed by atoms with van der Waals surface area (Å²) in [5.74, 6) is -0.597. The summed E-state index contributed by atoms with van der Waals surface area (Å²) in [6.07, 6.45) is 1.62. The number of halogens is 1. The Balaban J connectivity index is 1.91. The van der Waals surface area contributed by atoms with Crippen LogP contribution in [0.25, 0.3) is 6.08 Å². The van der Waals surface area contributed by atoms with Crippen molar-refractivity contribution in [1.29, 1.82) is 0 Å². The highest BCUT2D eigenvalue weighted by Gasteiger charge is 2.26. The van der Waals surface area contributed by atoms with Crippen molar-refractivity contribution < 1.29 is 14.5 Å². The van der Waals surface area contributed by atoms with E-state index in [1.54, 1.807) is 6.08 Å². The van der Waals surface area contributed by atoms with Crippen LogP contribution >= 0.6 is 11.6 Å². The average molecular weight is 385 g/mol. The van der Waals surface area contributed by atoms with Crippen LogP contribution in [0.4, 0.5) is 5.69 Å². The van der Waals surface area contributed by atoms with Crippen molar-refractivity contribution in [2.75, 3.05) is 0 Å². The molecule has 1 aliphatic rings. The number of nitro benzene ring substituents is 1. The molecule has 0 saturated heterocycles. The maximum absolute atomic E-state index is 12.1. The van der Waals surface area contributed by atoms with E-state index in [0.29, 0.717) is 5.56 Å². The zero-order chi connectivity index (χ0) is 19.8. The molecule has 0 aromatic heterocycles. The molecule has 6 nitrogen and oxygen atoms in total. The first-order valence-electron chi connectivity index (χ1n) is 8.22. The van der Waals surface area contributed by atoms with Crippen LogP contribution in [0.5, 0.6) is 0 Å². The van der Waals surface area contributed by atoms with Gasteiger partial charge in [0.15, 0.2) is 5.70 Å². The molecule has 0 aliphatic carbocycles. The van der Waals surface area contributed by atoms with Gasteiger partial charge in [-0.1, -0.05) is 56.6 Å². The summed E-state index contributed by atoms with van der Waals surface area (Å²) in [6.45, 7) is 6.37. The number of carbonyl (C=O) groups excluding carboxylic acids is 1. The van der Waals surface area contributed by atoms with Crippen molar-refractivity contribution >= 4 is 35.2 Å². The van der Waals surface area contributed by atoms with Gasteiger partial charge in [-0.25, -0.2) is 9.79 Å². The zero-order valence-corrected chi connectivity index (χ0v) is 15.8. The number of ether oxygens (including phenoxy) is 1. The van der Waals surface area contributed by atoms with Crippen LogP contribution in [-0.4, -0.2) is 16.8 Å². The molecule has 7 heteroatoms. The highest BCUT2D eigenvalue weighted by atomic mass is 35.5. The molecule has 2 aromatic carbocycles. The Morgan fingerprint density at radius 2 is 1.81 bits per heavy atom. The summed E-state index contributed by atoms with van der Waals surface area (Å²) in [6, 6.07) is 11.9. The van der Waals surface area contributed by atoms with Crippen LogP contribution in [0.15, 0.2) is 53.2 Å². The number of nitro groups is 1. The number of benzene rings is 2. The van der Waals surface area contributed by atoms with Gasteiger partial charge in [-0.3, -0.25) is 10.1 Å². The van der Waals surface area contributed by atoms with E-state index in [9.17, 15) is 14.9 Å². The molecule has 1 aliphatic heterocycles. The predicted octanol–water partition coefficient (Wildman–Crippen LogP) is 4.89. The van der Waals surface area contributed by atoms with Gasteiger partial charge in [0.25, 0.3) is 5.69 Å². The zero-order valence-electron chi connectivity index (χ0n) is 15.0. The maximum Gasteiger partial charge on any atom is 0.363 e. The fourth-order valence-electron chi connectivity index (χ4n) is 2.56. The number of esters is 1. The van der Waals surface area contributed by atoms with Crippen LogP contribution in [0.2, 0.25) is 5.02 Å². The van der Waals surface area contributed by atoms with Gasteiger partial charge in [-0.2, -0.15) is 0 Å². The average Bonchev–Trinajstić information content (AvgIpc) is 2.95. The molecule has 0 spiro atoms. The normalized spacial score (nSPS) is 15.6. The van der Waals surface area contributed by atoms with E-state index >= 15 is 0 Å². The SMILES string of the molecule is CC(C)(C)c1ccc(C=C2N=C(c3ccc(Cl)c([N+](=O)[O-])c3)OC2=O)cc1. The predicted molar refractivity (Wildman–Crippen MR) is 104 cm³/mol. The molecule has 27 heavy (non-hydrogen) atoms. The summed E-state index contributed by atoms with van der Waals surface area (Å²) in [5, 5.41) is 11.0. The van der Waals surface area contributed by atoms with Crippen molar-refractivity contribution in [3.63, 3.8) is 0 Å². The largest absolute Gasteiger partial charge is 0.402 e. The molecule has 1 heterocycles. The number of carbonyl (C=O) groups is 1. The molecule has 0 unspecified atom stereocenters. The van der Waals surface area contributed by atoms with Crippen molar-refractivity contribution in [1.82, 2.24) is 0 Å². The second-order valence-corrected chi connectivity index (χ2v) is 7.54. The topological polar surface area (TPSA) is 81.8 Å². The molecular weight excluding hydrogens is 368 g/mol. The molecule has 138 valence electrons. The summed E-state index contributed by atoms with van der Waals surface area (Å²) in [7, 11) is 0. The van der Waals surface area contributed by atoms with Gasteiger partial charge in [0.05, 0.1) is 4.92 Å². The highest BCUT2D eigenvalue weighted by molar-refractivity contribution is 6.32. The molecule has 0 atom stereocenters. The molecule has 3 rings (SSSR count). The number of nitrogens with zero attached hydrogens (tertiary/aromatic N) is 2.